The molecule has 2 heterocycles. The number of thiazole rings is 1. The van der Waals surface area contributed by atoms with Gasteiger partial charge in [-0.15, -0.1) is 0 Å². The second kappa shape index (κ2) is 6.60. The standard InChI is InChI=1S/C13H23N3O3S2/c1-9(2)16(8-11-6-4-5-7-14-11)21(18,19)12-10(3)15-13(17)20-12/h9,11,14H,4-8H2,1-3H3,(H,15,17). The lowest BCUT2D eigenvalue weighted by Crippen LogP contribution is -2.48. The molecule has 1 saturated heterocycles. The molecule has 1 aromatic heterocycles. The van der Waals surface area contributed by atoms with Crippen molar-refractivity contribution in [2.75, 3.05) is 13.1 Å². The van der Waals surface area contributed by atoms with Crippen LogP contribution in [0.5, 0.6) is 0 Å². The fourth-order valence-corrected chi connectivity index (χ4v) is 5.72. The van der Waals surface area contributed by atoms with Crippen LogP contribution in [0.3, 0.4) is 0 Å². The Morgan fingerprint density at radius 1 is 1.38 bits per heavy atom. The number of aryl methyl sites for hydroxylation is 1. The Labute approximate surface area is 129 Å². The van der Waals surface area contributed by atoms with E-state index < -0.39 is 10.0 Å². The molecule has 2 rings (SSSR count). The predicted octanol–water partition coefficient (Wildman–Crippen LogP) is 1.29. The van der Waals surface area contributed by atoms with E-state index in [-0.39, 0.29) is 21.2 Å². The lowest BCUT2D eigenvalue weighted by molar-refractivity contribution is 0.283. The van der Waals surface area contributed by atoms with Crippen molar-refractivity contribution in [1.82, 2.24) is 14.6 Å². The molecule has 1 fully saturated rings. The molecule has 1 aliphatic rings. The van der Waals surface area contributed by atoms with Gasteiger partial charge < -0.3 is 10.3 Å². The minimum Gasteiger partial charge on any atom is -0.315 e. The molecule has 120 valence electrons. The molecule has 6 nitrogen and oxygen atoms in total. The first-order chi connectivity index (χ1) is 9.82. The number of aromatic nitrogens is 1. The summed E-state index contributed by atoms with van der Waals surface area (Å²) in [5, 5.41) is 3.38. The highest BCUT2D eigenvalue weighted by atomic mass is 32.2. The molecule has 0 aromatic carbocycles. The second-order valence-electron chi connectivity index (χ2n) is 5.74. The summed E-state index contributed by atoms with van der Waals surface area (Å²) in [5.41, 5.74) is 0.423. The fraction of sp³-hybridized carbons (Fsp3) is 0.769. The number of nitrogens with zero attached hydrogens (tertiary/aromatic N) is 1. The highest BCUT2D eigenvalue weighted by Gasteiger charge is 2.32. The Morgan fingerprint density at radius 3 is 2.57 bits per heavy atom. The zero-order valence-electron chi connectivity index (χ0n) is 12.7. The van der Waals surface area contributed by atoms with Gasteiger partial charge in [-0.2, -0.15) is 4.31 Å². The Bertz CT molecular complexity index is 627. The summed E-state index contributed by atoms with van der Waals surface area (Å²) in [6, 6.07) is 0.0437. The topological polar surface area (TPSA) is 82.3 Å². The molecule has 1 atom stereocenters. The lowest BCUT2D eigenvalue weighted by atomic mass is 10.1. The third-order valence-corrected chi connectivity index (χ3v) is 7.34. The number of sulfonamides is 1. The predicted molar refractivity (Wildman–Crippen MR) is 84.3 cm³/mol. The van der Waals surface area contributed by atoms with Crippen LogP contribution < -0.4 is 10.2 Å². The van der Waals surface area contributed by atoms with Crippen molar-refractivity contribution in [2.45, 2.75) is 56.3 Å². The van der Waals surface area contributed by atoms with Gasteiger partial charge in [0.05, 0.1) is 0 Å². The minimum atomic E-state index is -3.63. The van der Waals surface area contributed by atoms with Gasteiger partial charge in [-0.3, -0.25) is 4.79 Å². The molecular weight excluding hydrogens is 310 g/mol. The molecule has 0 amide bonds. The van der Waals surface area contributed by atoms with Gasteiger partial charge in [0.15, 0.2) is 4.21 Å². The molecule has 0 spiro atoms. The summed E-state index contributed by atoms with van der Waals surface area (Å²) < 4.78 is 27.3. The van der Waals surface area contributed by atoms with Crippen LogP contribution in [0.4, 0.5) is 0 Å². The molecule has 8 heteroatoms. The monoisotopic (exact) mass is 333 g/mol. The first-order valence-electron chi connectivity index (χ1n) is 7.27. The van der Waals surface area contributed by atoms with Crippen molar-refractivity contribution in [2.24, 2.45) is 0 Å². The van der Waals surface area contributed by atoms with Gasteiger partial charge in [0.25, 0.3) is 10.0 Å². The van der Waals surface area contributed by atoms with Crippen LogP contribution in [0.1, 0.15) is 38.8 Å². The normalized spacial score (nSPS) is 20.3. The van der Waals surface area contributed by atoms with E-state index in [1.807, 2.05) is 13.8 Å². The molecule has 1 unspecified atom stereocenters. The van der Waals surface area contributed by atoms with Crippen LogP contribution in [0.25, 0.3) is 0 Å². The van der Waals surface area contributed by atoms with Crippen LogP contribution in [0.2, 0.25) is 0 Å². The SMILES string of the molecule is Cc1[nH]c(=O)sc1S(=O)(=O)N(CC1CCCCN1)C(C)C. The average molecular weight is 333 g/mol. The smallest absolute Gasteiger partial charge is 0.305 e. The quantitative estimate of drug-likeness (QED) is 0.850. The van der Waals surface area contributed by atoms with Gasteiger partial charge in [0.1, 0.15) is 0 Å². The number of H-pyrrole nitrogens is 1. The number of rotatable bonds is 5. The number of hydrogen-bond donors (Lipinski definition) is 2. The van der Waals surface area contributed by atoms with E-state index in [0.717, 1.165) is 37.1 Å². The first kappa shape index (κ1) is 16.7. The van der Waals surface area contributed by atoms with Gasteiger partial charge >= 0.3 is 4.87 Å². The van der Waals surface area contributed by atoms with Gasteiger partial charge in [-0.1, -0.05) is 17.8 Å². The molecule has 21 heavy (non-hydrogen) atoms. The number of nitrogens with one attached hydrogen (secondary N) is 2. The van der Waals surface area contributed by atoms with Crippen molar-refractivity contribution < 1.29 is 8.42 Å². The van der Waals surface area contributed by atoms with Gasteiger partial charge in [0.2, 0.25) is 0 Å². The summed E-state index contributed by atoms with van der Waals surface area (Å²) in [4.78, 5) is 13.6. The Kier molecular flexibility index (Phi) is 5.24. The zero-order valence-corrected chi connectivity index (χ0v) is 14.3. The van der Waals surface area contributed by atoms with Crippen molar-refractivity contribution in [3.05, 3.63) is 15.4 Å². The maximum Gasteiger partial charge on any atom is 0.305 e. The largest absolute Gasteiger partial charge is 0.315 e. The van der Waals surface area contributed by atoms with Crippen molar-refractivity contribution in [3.8, 4) is 0 Å². The second-order valence-corrected chi connectivity index (χ2v) is 8.81. The van der Waals surface area contributed by atoms with E-state index in [9.17, 15) is 13.2 Å². The van der Waals surface area contributed by atoms with Crippen molar-refractivity contribution in [3.63, 3.8) is 0 Å². The van der Waals surface area contributed by atoms with E-state index in [4.69, 9.17) is 0 Å². The van der Waals surface area contributed by atoms with Crippen LogP contribution in [-0.4, -0.2) is 42.9 Å². The summed E-state index contributed by atoms with van der Waals surface area (Å²) in [5.74, 6) is 0. The number of hydrogen-bond acceptors (Lipinski definition) is 5. The third kappa shape index (κ3) is 3.74. The maximum absolute atomic E-state index is 12.8. The highest BCUT2D eigenvalue weighted by Crippen LogP contribution is 2.24. The molecule has 0 aliphatic carbocycles. The first-order valence-corrected chi connectivity index (χ1v) is 9.53. The van der Waals surface area contributed by atoms with Gasteiger partial charge in [-0.25, -0.2) is 8.42 Å². The number of piperidine rings is 1. The van der Waals surface area contributed by atoms with E-state index >= 15 is 0 Å². The van der Waals surface area contributed by atoms with E-state index in [2.05, 4.69) is 10.3 Å². The summed E-state index contributed by atoms with van der Waals surface area (Å²) in [6.07, 6.45) is 3.25. The summed E-state index contributed by atoms with van der Waals surface area (Å²) >= 11 is 0.768. The molecular formula is C13H23N3O3S2. The minimum absolute atomic E-state index is 0.136. The van der Waals surface area contributed by atoms with Gasteiger partial charge in [-0.05, 0) is 40.2 Å². The van der Waals surface area contributed by atoms with Crippen molar-refractivity contribution >= 4 is 21.4 Å². The lowest BCUT2D eigenvalue weighted by Gasteiger charge is -2.32. The third-order valence-electron chi connectivity index (χ3n) is 3.71. The molecule has 0 bridgehead atoms. The molecule has 0 saturated carbocycles. The zero-order chi connectivity index (χ0) is 15.6. The van der Waals surface area contributed by atoms with Gasteiger partial charge in [0, 0.05) is 24.3 Å². The Morgan fingerprint density at radius 2 is 2.10 bits per heavy atom. The fourth-order valence-electron chi connectivity index (χ4n) is 2.63. The summed E-state index contributed by atoms with van der Waals surface area (Å²) in [6.45, 7) is 6.75. The molecule has 2 N–H and O–H groups in total. The maximum atomic E-state index is 12.8. The highest BCUT2D eigenvalue weighted by molar-refractivity contribution is 7.91. The molecule has 0 radical (unpaired) electrons. The Hall–Kier alpha value is -0.700. The van der Waals surface area contributed by atoms with E-state index in [1.165, 1.54) is 4.31 Å². The average Bonchev–Trinajstić information content (AvgIpc) is 2.76. The molecule has 1 aromatic rings. The Balaban J connectivity index is 2.28. The van der Waals surface area contributed by atoms with Crippen LogP contribution in [0.15, 0.2) is 9.00 Å². The number of aromatic amines is 1. The van der Waals surface area contributed by atoms with Crippen molar-refractivity contribution in [1.29, 1.82) is 0 Å². The van der Waals surface area contributed by atoms with E-state index in [1.54, 1.807) is 6.92 Å². The van der Waals surface area contributed by atoms with E-state index in [0.29, 0.717) is 12.2 Å². The van der Waals surface area contributed by atoms with Crippen LogP contribution >= 0.6 is 11.3 Å². The molecule has 1 aliphatic heterocycles. The van der Waals surface area contributed by atoms with Crippen LogP contribution in [0, 0.1) is 6.92 Å². The van der Waals surface area contributed by atoms with Crippen LogP contribution in [-0.2, 0) is 10.0 Å². The summed E-state index contributed by atoms with van der Waals surface area (Å²) in [7, 11) is -3.63.